The van der Waals surface area contributed by atoms with Gasteiger partial charge in [-0.15, -0.1) is 0 Å². The molecule has 0 saturated carbocycles. The van der Waals surface area contributed by atoms with Crippen LogP contribution < -0.4 is 0 Å². The van der Waals surface area contributed by atoms with E-state index in [2.05, 4.69) is 0 Å². The number of nitrogens with zero attached hydrogens (tertiary/aromatic N) is 1. The molecule has 3 rings (SSSR count). The lowest BCUT2D eigenvalue weighted by Gasteiger charge is -2.30. The third-order valence-electron chi connectivity index (χ3n) is 3.13. The molecule has 0 amide bonds. The molecule has 0 aromatic carbocycles. The molecule has 3 aliphatic heterocycles. The Hall–Kier alpha value is -0.610. The lowest BCUT2D eigenvalue weighted by atomic mass is 9.95. The SMILES string of the molecule is C[C@H]1ON2[C@H]3COC(=O)[C@@H]2[C@H]1C3. The predicted molar refractivity (Wildman–Crippen MR) is 39.0 cm³/mol. The summed E-state index contributed by atoms with van der Waals surface area (Å²) in [5.74, 6) is 0.267. The van der Waals surface area contributed by atoms with Crippen LogP contribution in [0.2, 0.25) is 0 Å². The summed E-state index contributed by atoms with van der Waals surface area (Å²) in [5.41, 5.74) is 0. The number of ether oxygens (including phenoxy) is 1. The van der Waals surface area contributed by atoms with Gasteiger partial charge in [0.1, 0.15) is 12.6 Å². The second-order valence-electron chi connectivity index (χ2n) is 3.80. The van der Waals surface area contributed by atoms with Gasteiger partial charge in [0.25, 0.3) is 0 Å². The number of hydrogen-bond donors (Lipinski definition) is 0. The molecule has 0 N–H and O–H groups in total. The first-order valence-electron chi connectivity index (χ1n) is 4.39. The highest BCUT2D eigenvalue weighted by Gasteiger charge is 2.58. The van der Waals surface area contributed by atoms with Crippen molar-refractivity contribution in [3.8, 4) is 0 Å². The number of carbonyl (C=O) groups excluding carboxylic acids is 1. The van der Waals surface area contributed by atoms with Crippen LogP contribution in [0.3, 0.4) is 0 Å². The summed E-state index contributed by atoms with van der Waals surface area (Å²) < 4.78 is 5.03. The molecule has 3 aliphatic rings. The molecule has 3 saturated heterocycles. The van der Waals surface area contributed by atoms with Gasteiger partial charge in [0.15, 0.2) is 0 Å². The molecular formula is C8H11NO3. The lowest BCUT2D eigenvalue weighted by Crippen LogP contribution is -2.46. The fraction of sp³-hybridized carbons (Fsp3) is 0.875. The number of esters is 1. The Morgan fingerprint density at radius 2 is 2.42 bits per heavy atom. The molecule has 0 aliphatic carbocycles. The van der Waals surface area contributed by atoms with Crippen LogP contribution in [0.4, 0.5) is 0 Å². The highest BCUT2D eigenvalue weighted by atomic mass is 16.7. The van der Waals surface area contributed by atoms with Gasteiger partial charge in [0.05, 0.1) is 12.1 Å². The Balaban J connectivity index is 1.98. The van der Waals surface area contributed by atoms with E-state index in [0.29, 0.717) is 18.6 Å². The molecule has 4 nitrogen and oxygen atoms in total. The molecule has 3 heterocycles. The summed E-state index contributed by atoms with van der Waals surface area (Å²) in [4.78, 5) is 16.8. The van der Waals surface area contributed by atoms with E-state index in [1.165, 1.54) is 0 Å². The van der Waals surface area contributed by atoms with Crippen LogP contribution in [0.1, 0.15) is 13.3 Å². The van der Waals surface area contributed by atoms with Crippen LogP contribution in [-0.4, -0.2) is 35.8 Å². The number of hydrogen-bond acceptors (Lipinski definition) is 4. The smallest absolute Gasteiger partial charge is 0.326 e. The van der Waals surface area contributed by atoms with Gasteiger partial charge in [-0.05, 0) is 13.3 Å². The van der Waals surface area contributed by atoms with Crippen molar-refractivity contribution in [2.75, 3.05) is 6.61 Å². The van der Waals surface area contributed by atoms with Crippen molar-refractivity contribution < 1.29 is 14.4 Å². The molecule has 0 aromatic heterocycles. The normalized spacial score (nSPS) is 55.8. The van der Waals surface area contributed by atoms with E-state index in [0.717, 1.165) is 6.42 Å². The molecule has 4 bridgehead atoms. The molecule has 1 unspecified atom stereocenters. The van der Waals surface area contributed by atoms with Crippen LogP contribution >= 0.6 is 0 Å². The number of morpholine rings is 1. The maximum absolute atomic E-state index is 11.3. The summed E-state index contributed by atoms with van der Waals surface area (Å²) in [6, 6.07) is 0.229. The Bertz CT molecular complexity index is 240. The Kier molecular flexibility index (Phi) is 1.14. The average molecular weight is 169 g/mol. The van der Waals surface area contributed by atoms with Gasteiger partial charge >= 0.3 is 5.97 Å². The Morgan fingerprint density at radius 1 is 1.58 bits per heavy atom. The number of cyclic esters (lactones) is 1. The first-order valence-corrected chi connectivity index (χ1v) is 4.39. The quantitative estimate of drug-likeness (QED) is 0.476. The molecule has 4 heteroatoms. The summed E-state index contributed by atoms with van der Waals surface area (Å²) in [6.45, 7) is 2.53. The Labute approximate surface area is 70.4 Å². The van der Waals surface area contributed by atoms with E-state index >= 15 is 0 Å². The maximum Gasteiger partial charge on any atom is 0.326 e. The fourth-order valence-electron chi connectivity index (χ4n) is 2.52. The summed E-state index contributed by atoms with van der Waals surface area (Å²) >= 11 is 0. The van der Waals surface area contributed by atoms with E-state index in [9.17, 15) is 4.79 Å². The van der Waals surface area contributed by atoms with Crippen molar-refractivity contribution in [2.24, 2.45) is 5.92 Å². The third kappa shape index (κ3) is 0.630. The van der Waals surface area contributed by atoms with E-state index in [1.807, 2.05) is 12.0 Å². The third-order valence-corrected chi connectivity index (χ3v) is 3.13. The van der Waals surface area contributed by atoms with E-state index in [-0.39, 0.29) is 18.1 Å². The zero-order chi connectivity index (χ0) is 8.29. The first kappa shape index (κ1) is 6.86. The molecule has 0 aromatic rings. The van der Waals surface area contributed by atoms with Crippen LogP contribution in [0.15, 0.2) is 0 Å². The van der Waals surface area contributed by atoms with Gasteiger partial charge < -0.3 is 4.74 Å². The largest absolute Gasteiger partial charge is 0.463 e. The van der Waals surface area contributed by atoms with Gasteiger partial charge in [-0.25, -0.2) is 0 Å². The van der Waals surface area contributed by atoms with Gasteiger partial charge in [-0.2, -0.15) is 5.06 Å². The topological polar surface area (TPSA) is 38.8 Å². The second-order valence-corrected chi connectivity index (χ2v) is 3.80. The van der Waals surface area contributed by atoms with Crippen LogP contribution in [0.5, 0.6) is 0 Å². The minimum absolute atomic E-state index is 0.0984. The van der Waals surface area contributed by atoms with Gasteiger partial charge in [0, 0.05) is 5.92 Å². The lowest BCUT2D eigenvalue weighted by molar-refractivity contribution is -0.224. The molecule has 5 atom stereocenters. The van der Waals surface area contributed by atoms with Crippen molar-refractivity contribution in [1.82, 2.24) is 5.06 Å². The van der Waals surface area contributed by atoms with Crippen molar-refractivity contribution >= 4 is 5.97 Å². The zero-order valence-electron chi connectivity index (χ0n) is 6.90. The molecule has 3 fully saturated rings. The monoisotopic (exact) mass is 169 g/mol. The van der Waals surface area contributed by atoms with Crippen molar-refractivity contribution in [3.05, 3.63) is 0 Å². The van der Waals surface area contributed by atoms with Crippen LogP contribution in [-0.2, 0) is 14.4 Å². The van der Waals surface area contributed by atoms with E-state index in [1.54, 1.807) is 0 Å². The molecule has 12 heavy (non-hydrogen) atoms. The van der Waals surface area contributed by atoms with E-state index in [4.69, 9.17) is 9.57 Å². The van der Waals surface area contributed by atoms with Gasteiger partial charge in [-0.3, -0.25) is 9.63 Å². The van der Waals surface area contributed by atoms with Crippen LogP contribution in [0.25, 0.3) is 0 Å². The first-order chi connectivity index (χ1) is 5.77. The van der Waals surface area contributed by atoms with Gasteiger partial charge in [0.2, 0.25) is 0 Å². The summed E-state index contributed by atoms with van der Waals surface area (Å²) in [7, 11) is 0. The number of rotatable bonds is 0. The van der Waals surface area contributed by atoms with Crippen molar-refractivity contribution in [2.45, 2.75) is 31.5 Å². The number of hydroxylamine groups is 2. The highest BCUT2D eigenvalue weighted by molar-refractivity contribution is 5.78. The molecular weight excluding hydrogens is 158 g/mol. The number of carbonyl (C=O) groups is 1. The highest BCUT2D eigenvalue weighted by Crippen LogP contribution is 2.43. The zero-order valence-corrected chi connectivity index (χ0v) is 6.90. The van der Waals surface area contributed by atoms with Gasteiger partial charge in [-0.1, -0.05) is 0 Å². The fourth-order valence-corrected chi connectivity index (χ4v) is 2.52. The average Bonchev–Trinajstić information content (AvgIpc) is 2.47. The summed E-state index contributed by atoms with van der Waals surface area (Å²) in [5, 5.41) is 1.85. The van der Waals surface area contributed by atoms with Crippen molar-refractivity contribution in [1.29, 1.82) is 0 Å². The second kappa shape index (κ2) is 2.00. The predicted octanol–water partition coefficient (Wildman–Crippen LogP) is -0.0640. The minimum atomic E-state index is -0.0990. The van der Waals surface area contributed by atoms with Crippen LogP contribution in [0, 0.1) is 5.92 Å². The minimum Gasteiger partial charge on any atom is -0.463 e. The Morgan fingerprint density at radius 3 is 3.17 bits per heavy atom. The molecule has 0 radical (unpaired) electrons. The van der Waals surface area contributed by atoms with Crippen molar-refractivity contribution in [3.63, 3.8) is 0 Å². The maximum atomic E-state index is 11.3. The standard InChI is InChI=1S/C8H11NO3/c1-4-6-2-5-3-11-8(10)7(6)9(5)12-4/h4-7H,2-3H2,1H3/t4-,5-,6+,7+/m1/s1. The van der Waals surface area contributed by atoms with E-state index < -0.39 is 0 Å². The molecule has 0 spiro atoms. The summed E-state index contributed by atoms with van der Waals surface area (Å²) in [6.07, 6.45) is 1.24. The molecule has 66 valence electrons.